The second kappa shape index (κ2) is 14.2. The normalized spacial score (nSPS) is 11.5. The number of hydrogen-bond acceptors (Lipinski definition) is 10. The van der Waals surface area contributed by atoms with Gasteiger partial charge in [0.1, 0.15) is 25.1 Å². The first-order chi connectivity index (χ1) is 25.4. The van der Waals surface area contributed by atoms with Crippen LogP contribution in [0.25, 0.3) is 0 Å². The molecule has 0 fully saturated rings. The molecule has 0 amide bonds. The molecule has 6 aromatic carbocycles. The Kier molecular flexibility index (Phi) is 9.01. The van der Waals surface area contributed by atoms with Gasteiger partial charge in [0.05, 0.1) is 45.0 Å². The molecule has 0 atom stereocenters. The predicted molar refractivity (Wildman–Crippen MR) is 200 cm³/mol. The Bertz CT molecular complexity index is 2050. The van der Waals surface area contributed by atoms with Gasteiger partial charge in [-0.2, -0.15) is 0 Å². The highest BCUT2D eigenvalue weighted by atomic mass is 16.1. The van der Waals surface area contributed by atoms with Gasteiger partial charge in [0.25, 0.3) is 0 Å². The second-order valence-corrected chi connectivity index (χ2v) is 11.9. The maximum atomic E-state index is 15.0. The van der Waals surface area contributed by atoms with Crippen LogP contribution >= 0.6 is 0 Å². The molecule has 10 heteroatoms. The van der Waals surface area contributed by atoms with E-state index in [1.54, 1.807) is 121 Å². The van der Waals surface area contributed by atoms with Gasteiger partial charge in [-0.15, -0.1) is 0 Å². The number of aldehydes is 4. The summed E-state index contributed by atoms with van der Waals surface area (Å²) in [6, 6.07) is 33.5. The third-order valence-electron chi connectivity index (χ3n) is 8.62. The molecule has 6 aromatic rings. The van der Waals surface area contributed by atoms with E-state index < -0.39 is 11.6 Å². The minimum absolute atomic E-state index is 0.123. The van der Waals surface area contributed by atoms with Gasteiger partial charge in [-0.3, -0.25) is 28.8 Å². The number of fused-ring (bicyclic) bond motifs is 2. The Hall–Kier alpha value is -7.46. The van der Waals surface area contributed by atoms with Crippen molar-refractivity contribution in [1.82, 2.24) is 0 Å². The average Bonchev–Trinajstić information content (AvgIpc) is 3.19. The summed E-state index contributed by atoms with van der Waals surface area (Å²) in [6.07, 6.45) is 2.93. The van der Waals surface area contributed by atoms with Crippen molar-refractivity contribution in [3.05, 3.63) is 166 Å². The van der Waals surface area contributed by atoms with E-state index in [4.69, 9.17) is 0 Å². The summed E-state index contributed by atoms with van der Waals surface area (Å²) in [5, 5.41) is 13.1. The maximum Gasteiger partial charge on any atom is 0.198 e. The number of ketones is 2. The van der Waals surface area contributed by atoms with Crippen molar-refractivity contribution < 1.29 is 28.8 Å². The van der Waals surface area contributed by atoms with Crippen LogP contribution < -0.4 is 21.3 Å². The van der Waals surface area contributed by atoms with Gasteiger partial charge in [0, 0.05) is 45.0 Å². The summed E-state index contributed by atoms with van der Waals surface area (Å²) in [4.78, 5) is 75.1. The van der Waals surface area contributed by atoms with Gasteiger partial charge in [0.15, 0.2) is 11.6 Å². The summed E-state index contributed by atoms with van der Waals surface area (Å²) in [6.45, 7) is 0. The number of carbonyl (C=O) groups excluding carboxylic acids is 6. The van der Waals surface area contributed by atoms with Crippen LogP contribution in [0.3, 0.4) is 0 Å². The molecular weight excluding hydrogens is 656 g/mol. The molecule has 0 saturated carbocycles. The van der Waals surface area contributed by atoms with Crippen LogP contribution in [0.5, 0.6) is 0 Å². The molecule has 0 spiro atoms. The van der Waals surface area contributed by atoms with E-state index in [1.165, 1.54) is 0 Å². The van der Waals surface area contributed by atoms with Crippen molar-refractivity contribution in [2.24, 2.45) is 0 Å². The van der Waals surface area contributed by atoms with E-state index in [0.717, 1.165) is 25.1 Å². The monoisotopic (exact) mass is 684 g/mol. The molecule has 7 rings (SSSR count). The lowest BCUT2D eigenvalue weighted by Gasteiger charge is -2.27. The van der Waals surface area contributed by atoms with E-state index in [2.05, 4.69) is 21.3 Å². The van der Waals surface area contributed by atoms with E-state index in [1.807, 2.05) is 0 Å². The van der Waals surface area contributed by atoms with Gasteiger partial charge in [-0.1, -0.05) is 0 Å². The number of anilines is 8. The molecule has 52 heavy (non-hydrogen) atoms. The SMILES string of the molecule is O=Cc1ccc(Nc2ccc(Nc3ccc(C=O)cc3)c3c2C(=O)c2c(Nc4ccc(C=O)cc4)ccc(Nc4ccc(C=O)cc4)c2C3=O)cc1. The first-order valence-corrected chi connectivity index (χ1v) is 16.1. The summed E-state index contributed by atoms with van der Waals surface area (Å²) in [5.74, 6) is -0.882. The molecule has 1 aliphatic carbocycles. The molecule has 0 aromatic heterocycles. The van der Waals surface area contributed by atoms with Gasteiger partial charge in [-0.25, -0.2) is 0 Å². The lowest BCUT2D eigenvalue weighted by molar-refractivity contribution is 0.0981. The van der Waals surface area contributed by atoms with Crippen molar-refractivity contribution in [2.45, 2.75) is 0 Å². The van der Waals surface area contributed by atoms with Crippen LogP contribution in [-0.4, -0.2) is 36.7 Å². The third-order valence-corrected chi connectivity index (χ3v) is 8.62. The fourth-order valence-electron chi connectivity index (χ4n) is 6.02. The lowest BCUT2D eigenvalue weighted by atomic mass is 9.80. The summed E-state index contributed by atoms with van der Waals surface area (Å²) < 4.78 is 0. The van der Waals surface area contributed by atoms with Crippen LogP contribution in [0.1, 0.15) is 73.3 Å². The molecule has 0 aliphatic heterocycles. The van der Waals surface area contributed by atoms with E-state index >= 15 is 0 Å². The maximum absolute atomic E-state index is 15.0. The topological polar surface area (TPSA) is 151 Å². The summed E-state index contributed by atoms with van der Waals surface area (Å²) >= 11 is 0. The first kappa shape index (κ1) is 33.1. The van der Waals surface area contributed by atoms with Crippen molar-refractivity contribution in [2.75, 3.05) is 21.3 Å². The van der Waals surface area contributed by atoms with E-state index in [-0.39, 0.29) is 22.3 Å². The lowest BCUT2D eigenvalue weighted by Crippen LogP contribution is -2.25. The Morgan fingerprint density at radius 3 is 0.654 bits per heavy atom. The van der Waals surface area contributed by atoms with Crippen LogP contribution in [0.4, 0.5) is 45.5 Å². The highest BCUT2D eigenvalue weighted by molar-refractivity contribution is 6.35. The highest BCUT2D eigenvalue weighted by Gasteiger charge is 2.38. The standard InChI is InChI=1S/C42H28N4O6/c47-21-25-1-9-29(10-2-25)43-33-17-18-34(44-30-11-3-26(22-48)4-12-30)38-37(33)41(51)39-35(45-31-13-5-27(23-49)6-14-31)19-20-36(40(39)42(38)52)46-32-15-7-28(24-50)8-16-32/h1-24,43-46H. The molecule has 0 unspecified atom stereocenters. The number of nitrogens with one attached hydrogen (secondary N) is 4. The van der Waals surface area contributed by atoms with Crippen molar-refractivity contribution in [3.63, 3.8) is 0 Å². The zero-order valence-electron chi connectivity index (χ0n) is 27.3. The molecule has 10 nitrogen and oxygen atoms in total. The Morgan fingerprint density at radius 2 is 0.481 bits per heavy atom. The Labute approximate surface area is 297 Å². The van der Waals surface area contributed by atoms with Crippen LogP contribution in [0.2, 0.25) is 0 Å². The summed E-state index contributed by atoms with van der Waals surface area (Å²) in [7, 11) is 0. The van der Waals surface area contributed by atoms with Crippen LogP contribution in [0.15, 0.2) is 121 Å². The van der Waals surface area contributed by atoms with E-state index in [9.17, 15) is 28.8 Å². The number of benzene rings is 6. The van der Waals surface area contributed by atoms with Crippen LogP contribution in [-0.2, 0) is 0 Å². The van der Waals surface area contributed by atoms with Crippen molar-refractivity contribution >= 4 is 82.2 Å². The average molecular weight is 685 g/mol. The van der Waals surface area contributed by atoms with Gasteiger partial charge >= 0.3 is 0 Å². The zero-order valence-corrected chi connectivity index (χ0v) is 27.3. The Morgan fingerprint density at radius 1 is 0.288 bits per heavy atom. The minimum Gasteiger partial charge on any atom is -0.355 e. The van der Waals surface area contributed by atoms with Gasteiger partial charge in [-0.05, 0) is 121 Å². The predicted octanol–water partition coefficient (Wildman–Crippen LogP) is 8.69. The quantitative estimate of drug-likeness (QED) is 0.0921. The minimum atomic E-state index is -0.441. The largest absolute Gasteiger partial charge is 0.355 e. The second-order valence-electron chi connectivity index (χ2n) is 11.9. The first-order valence-electron chi connectivity index (χ1n) is 16.1. The van der Waals surface area contributed by atoms with Gasteiger partial charge < -0.3 is 21.3 Å². The summed E-state index contributed by atoms with van der Waals surface area (Å²) in [5.41, 5.74) is 6.22. The molecule has 1 aliphatic rings. The molecule has 0 heterocycles. The van der Waals surface area contributed by atoms with Gasteiger partial charge in [0.2, 0.25) is 0 Å². The fourth-order valence-corrected chi connectivity index (χ4v) is 6.02. The number of carbonyl (C=O) groups is 6. The zero-order chi connectivity index (χ0) is 36.2. The Balaban J connectivity index is 1.40. The van der Waals surface area contributed by atoms with Crippen LogP contribution in [0, 0.1) is 0 Å². The van der Waals surface area contributed by atoms with Crippen molar-refractivity contribution in [3.8, 4) is 0 Å². The smallest absolute Gasteiger partial charge is 0.198 e. The third kappa shape index (κ3) is 6.47. The molecular formula is C42H28N4O6. The molecule has 4 N–H and O–H groups in total. The molecule has 0 saturated heterocycles. The molecule has 252 valence electrons. The number of hydrogen-bond donors (Lipinski definition) is 4. The molecule has 0 bridgehead atoms. The molecule has 0 radical (unpaired) electrons. The highest BCUT2D eigenvalue weighted by Crippen LogP contribution is 2.44. The number of rotatable bonds is 12. The fraction of sp³-hybridized carbons (Fsp3) is 0. The van der Waals surface area contributed by atoms with E-state index in [0.29, 0.717) is 67.8 Å². The van der Waals surface area contributed by atoms with Crippen molar-refractivity contribution in [1.29, 1.82) is 0 Å².